The van der Waals surface area contributed by atoms with E-state index in [0.29, 0.717) is 39.0 Å². The molecule has 1 aromatic heterocycles. The maximum atomic E-state index is 13.3. The first-order valence-corrected chi connectivity index (χ1v) is 11.3. The van der Waals surface area contributed by atoms with E-state index in [1.54, 1.807) is 0 Å². The third-order valence-electron chi connectivity index (χ3n) is 7.01. The molecule has 31 heavy (non-hydrogen) atoms. The van der Waals surface area contributed by atoms with Gasteiger partial charge in [0.1, 0.15) is 5.54 Å². The fourth-order valence-electron chi connectivity index (χ4n) is 4.92. The van der Waals surface area contributed by atoms with E-state index in [1.807, 2.05) is 29.2 Å². The van der Waals surface area contributed by atoms with Crippen LogP contribution in [-0.4, -0.2) is 58.4 Å². The predicted octanol–water partition coefficient (Wildman–Crippen LogP) is 2.19. The topological polar surface area (TPSA) is 105 Å². The van der Waals surface area contributed by atoms with Crippen LogP contribution in [0.2, 0.25) is 0 Å². The van der Waals surface area contributed by atoms with Crippen LogP contribution in [0.25, 0.3) is 11.0 Å². The molecule has 162 valence electrons. The minimum Gasteiger partial charge on any atom is -0.339 e. The Morgan fingerprint density at radius 2 is 1.81 bits per heavy atom. The number of para-hydroxylation sites is 2. The van der Waals surface area contributed by atoms with Crippen LogP contribution in [-0.2, 0) is 9.59 Å². The van der Waals surface area contributed by atoms with Gasteiger partial charge in [-0.15, -0.1) is 0 Å². The predicted molar refractivity (Wildman–Crippen MR) is 116 cm³/mol. The van der Waals surface area contributed by atoms with E-state index in [4.69, 9.17) is 0 Å². The Labute approximate surface area is 181 Å². The monoisotopic (exact) mass is 420 g/mol. The molecule has 2 amide bonds. The van der Waals surface area contributed by atoms with E-state index in [-0.39, 0.29) is 23.7 Å². The van der Waals surface area contributed by atoms with Crippen molar-refractivity contribution < 1.29 is 9.59 Å². The maximum absolute atomic E-state index is 13.3. The summed E-state index contributed by atoms with van der Waals surface area (Å²) in [5.74, 6) is 0.222. The van der Waals surface area contributed by atoms with E-state index in [0.717, 1.165) is 42.7 Å². The van der Waals surface area contributed by atoms with Crippen molar-refractivity contribution in [3.05, 3.63) is 24.3 Å². The number of nitrogens with one attached hydrogen (secondary N) is 2. The lowest BCUT2D eigenvalue weighted by atomic mass is 9.77. The molecule has 2 saturated carbocycles. The zero-order valence-corrected chi connectivity index (χ0v) is 17.6. The largest absolute Gasteiger partial charge is 0.339 e. The number of hydrogen-bond acceptors (Lipinski definition) is 5. The van der Waals surface area contributed by atoms with Gasteiger partial charge in [0.15, 0.2) is 0 Å². The van der Waals surface area contributed by atoms with Crippen LogP contribution in [0.4, 0.5) is 5.95 Å². The molecule has 0 spiro atoms. The Balaban J connectivity index is 1.22. The molecule has 1 aliphatic heterocycles. The number of hydrogen-bond donors (Lipinski definition) is 2. The van der Waals surface area contributed by atoms with Crippen molar-refractivity contribution in [2.24, 2.45) is 11.8 Å². The lowest BCUT2D eigenvalue weighted by molar-refractivity contribution is -0.144. The molecule has 1 aromatic carbocycles. The third kappa shape index (κ3) is 3.85. The van der Waals surface area contributed by atoms with Gasteiger partial charge in [0.05, 0.1) is 17.1 Å². The second-order valence-electron chi connectivity index (χ2n) is 9.07. The van der Waals surface area contributed by atoms with E-state index >= 15 is 0 Å². The average molecular weight is 421 g/mol. The molecule has 0 radical (unpaired) electrons. The Kier molecular flexibility index (Phi) is 5.05. The standard InChI is InChI=1S/C23H28N6O2/c24-15-23(9-10-23)27-20(30)16-5-1-2-6-17(16)21(31)28-11-13-29(14-12-28)22-25-18-7-3-4-8-19(18)26-22/h3-4,7-8,16-17H,1-2,5-6,9-14H2,(H,25,26)(H,27,30)/t16-,17-/m1/s1. The Bertz CT molecular complexity index is 995. The lowest BCUT2D eigenvalue weighted by Gasteiger charge is -2.39. The van der Waals surface area contributed by atoms with Gasteiger partial charge in [-0.05, 0) is 37.8 Å². The summed E-state index contributed by atoms with van der Waals surface area (Å²) in [4.78, 5) is 38.3. The second-order valence-corrected chi connectivity index (χ2v) is 9.07. The van der Waals surface area contributed by atoms with E-state index < -0.39 is 5.54 Å². The Morgan fingerprint density at radius 3 is 2.48 bits per heavy atom. The molecular weight excluding hydrogens is 392 g/mol. The van der Waals surface area contributed by atoms with Gasteiger partial charge in [0.2, 0.25) is 17.8 Å². The SMILES string of the molecule is N#CC1(NC(=O)[C@@H]2CCCC[C@H]2C(=O)N2CCN(c3nc4ccccc4[nH]3)CC2)CC1. The van der Waals surface area contributed by atoms with Crippen molar-refractivity contribution in [2.45, 2.75) is 44.1 Å². The number of nitrogens with zero attached hydrogens (tertiary/aromatic N) is 4. The van der Waals surface area contributed by atoms with Crippen LogP contribution in [0, 0.1) is 23.2 Å². The van der Waals surface area contributed by atoms with Crippen LogP contribution in [0.15, 0.2) is 24.3 Å². The summed E-state index contributed by atoms with van der Waals surface area (Å²) in [7, 11) is 0. The Morgan fingerprint density at radius 1 is 1.10 bits per heavy atom. The number of benzene rings is 1. The minimum atomic E-state index is -0.680. The molecule has 2 atom stereocenters. The third-order valence-corrected chi connectivity index (χ3v) is 7.01. The van der Waals surface area contributed by atoms with Gasteiger partial charge in [0, 0.05) is 38.0 Å². The van der Waals surface area contributed by atoms with E-state index in [2.05, 4.69) is 26.3 Å². The number of nitriles is 1. The van der Waals surface area contributed by atoms with Gasteiger partial charge in [-0.1, -0.05) is 25.0 Å². The van der Waals surface area contributed by atoms with Crippen molar-refractivity contribution >= 4 is 28.8 Å². The first-order valence-electron chi connectivity index (χ1n) is 11.3. The zero-order valence-electron chi connectivity index (χ0n) is 17.6. The van der Waals surface area contributed by atoms with E-state index in [9.17, 15) is 14.9 Å². The van der Waals surface area contributed by atoms with E-state index in [1.165, 1.54) is 0 Å². The fourth-order valence-corrected chi connectivity index (χ4v) is 4.92. The number of amides is 2. The van der Waals surface area contributed by atoms with Crippen LogP contribution < -0.4 is 10.2 Å². The van der Waals surface area contributed by atoms with Crippen LogP contribution in [0.5, 0.6) is 0 Å². The highest BCUT2D eigenvalue weighted by Gasteiger charge is 2.47. The summed E-state index contributed by atoms with van der Waals surface area (Å²) in [6, 6.07) is 10.2. The molecular formula is C23H28N6O2. The number of fused-ring (bicyclic) bond motifs is 1. The molecule has 2 N–H and O–H groups in total. The number of H-pyrrole nitrogens is 1. The molecule has 3 aliphatic rings. The number of carbonyl (C=O) groups excluding carboxylic acids is 2. The number of piperazine rings is 1. The molecule has 5 rings (SSSR count). The fraction of sp³-hybridized carbons (Fsp3) is 0.565. The molecule has 2 heterocycles. The van der Waals surface area contributed by atoms with Crippen LogP contribution in [0.3, 0.4) is 0 Å². The number of carbonyl (C=O) groups is 2. The molecule has 0 unspecified atom stereocenters. The minimum absolute atomic E-state index is 0.0888. The number of rotatable bonds is 4. The first kappa shape index (κ1) is 19.9. The van der Waals surface area contributed by atoms with Crippen molar-refractivity contribution in [2.75, 3.05) is 31.1 Å². The van der Waals surface area contributed by atoms with Crippen molar-refractivity contribution in [3.63, 3.8) is 0 Å². The Hall–Kier alpha value is -3.08. The van der Waals surface area contributed by atoms with Crippen molar-refractivity contribution in [3.8, 4) is 6.07 Å². The highest BCUT2D eigenvalue weighted by Crippen LogP contribution is 2.37. The summed E-state index contributed by atoms with van der Waals surface area (Å²) >= 11 is 0. The number of aromatic nitrogens is 2. The molecule has 2 aliphatic carbocycles. The summed E-state index contributed by atoms with van der Waals surface area (Å²) in [5.41, 5.74) is 1.27. The highest BCUT2D eigenvalue weighted by atomic mass is 16.2. The maximum Gasteiger partial charge on any atom is 0.226 e. The van der Waals surface area contributed by atoms with Crippen LogP contribution in [0.1, 0.15) is 38.5 Å². The molecule has 2 aromatic rings. The van der Waals surface area contributed by atoms with Gasteiger partial charge in [-0.3, -0.25) is 9.59 Å². The summed E-state index contributed by atoms with van der Waals surface area (Å²) < 4.78 is 0. The molecule has 3 fully saturated rings. The lowest BCUT2D eigenvalue weighted by Crippen LogP contribution is -2.53. The van der Waals surface area contributed by atoms with Crippen LogP contribution >= 0.6 is 0 Å². The van der Waals surface area contributed by atoms with Crippen molar-refractivity contribution in [1.82, 2.24) is 20.2 Å². The summed E-state index contributed by atoms with van der Waals surface area (Å²) in [6.07, 6.45) is 4.83. The highest BCUT2D eigenvalue weighted by molar-refractivity contribution is 5.89. The van der Waals surface area contributed by atoms with Gasteiger partial charge >= 0.3 is 0 Å². The summed E-state index contributed by atoms with van der Waals surface area (Å²) in [6.45, 7) is 2.69. The van der Waals surface area contributed by atoms with Crippen molar-refractivity contribution in [1.29, 1.82) is 5.26 Å². The molecule has 1 saturated heterocycles. The van der Waals surface area contributed by atoms with Gasteiger partial charge in [0.25, 0.3) is 0 Å². The van der Waals surface area contributed by atoms with Gasteiger partial charge in [-0.25, -0.2) is 4.98 Å². The molecule has 0 bridgehead atoms. The van der Waals surface area contributed by atoms with Gasteiger partial charge in [-0.2, -0.15) is 5.26 Å². The normalized spacial score (nSPS) is 25.1. The quantitative estimate of drug-likeness (QED) is 0.789. The molecule has 8 nitrogen and oxygen atoms in total. The number of imidazole rings is 1. The van der Waals surface area contributed by atoms with Gasteiger partial charge < -0.3 is 20.1 Å². The smallest absolute Gasteiger partial charge is 0.226 e. The number of aromatic amines is 1. The zero-order chi connectivity index (χ0) is 21.4. The average Bonchev–Trinajstić information content (AvgIpc) is 3.45. The summed E-state index contributed by atoms with van der Waals surface area (Å²) in [5, 5.41) is 12.2. The first-order chi connectivity index (χ1) is 15.1. The number of anilines is 1. The molecule has 8 heteroatoms. The second kappa shape index (κ2) is 7.88.